The van der Waals surface area contributed by atoms with Crippen LogP contribution in [-0.2, 0) is 9.47 Å². The van der Waals surface area contributed by atoms with E-state index in [2.05, 4.69) is 4.98 Å². The Labute approximate surface area is 154 Å². The van der Waals surface area contributed by atoms with Gasteiger partial charge in [-0.25, -0.2) is 14.6 Å². The van der Waals surface area contributed by atoms with Crippen LogP contribution in [0.2, 0.25) is 0 Å². The molecular formula is C20H28N2O4. The topological polar surface area (TPSA) is 68.7 Å². The fourth-order valence-corrected chi connectivity index (χ4v) is 4.14. The lowest BCUT2D eigenvalue weighted by atomic mass is 9.84. The molecule has 1 aromatic heterocycles. The van der Waals surface area contributed by atoms with Gasteiger partial charge in [-0.15, -0.1) is 0 Å². The van der Waals surface area contributed by atoms with Gasteiger partial charge in [0.25, 0.3) is 0 Å². The molecule has 1 aromatic rings. The molecule has 0 bridgehead atoms. The van der Waals surface area contributed by atoms with E-state index < -0.39 is 11.6 Å². The highest BCUT2D eigenvalue weighted by Gasteiger charge is 2.46. The number of carbonyl (C=O) groups excluding carboxylic acids is 2. The van der Waals surface area contributed by atoms with Crippen LogP contribution in [0.25, 0.3) is 0 Å². The summed E-state index contributed by atoms with van der Waals surface area (Å²) in [6.07, 6.45) is 3.87. The standard InChI is InChI=1S/C20H28N2O4/c1-19(2,3)26-18(24)22-11-10-20(13-22)9-8-14(12-20)15-6-5-7-16(21-15)17(23)25-4/h5-7,14H,8-13H2,1-4H3. The van der Waals surface area contributed by atoms with Crippen LogP contribution in [0.15, 0.2) is 18.2 Å². The highest BCUT2D eigenvalue weighted by molar-refractivity contribution is 5.87. The molecule has 3 rings (SSSR count). The summed E-state index contributed by atoms with van der Waals surface area (Å²) in [6, 6.07) is 5.53. The zero-order valence-corrected chi connectivity index (χ0v) is 16.1. The summed E-state index contributed by atoms with van der Waals surface area (Å²) in [7, 11) is 1.37. The summed E-state index contributed by atoms with van der Waals surface area (Å²) >= 11 is 0. The zero-order valence-electron chi connectivity index (χ0n) is 16.1. The average molecular weight is 360 g/mol. The predicted molar refractivity (Wildman–Crippen MR) is 97.0 cm³/mol. The summed E-state index contributed by atoms with van der Waals surface area (Å²) in [5.41, 5.74) is 0.974. The van der Waals surface area contributed by atoms with Gasteiger partial charge in [0.1, 0.15) is 11.3 Å². The summed E-state index contributed by atoms with van der Waals surface area (Å²) in [4.78, 5) is 30.4. The molecule has 1 spiro atoms. The number of amides is 1. The summed E-state index contributed by atoms with van der Waals surface area (Å²) in [5.74, 6) is -0.0882. The van der Waals surface area contributed by atoms with Gasteiger partial charge in [0.15, 0.2) is 0 Å². The van der Waals surface area contributed by atoms with Gasteiger partial charge in [0.2, 0.25) is 0 Å². The first-order valence-electron chi connectivity index (χ1n) is 9.25. The quantitative estimate of drug-likeness (QED) is 0.751. The van der Waals surface area contributed by atoms with Gasteiger partial charge in [-0.05, 0) is 64.0 Å². The van der Waals surface area contributed by atoms with Crippen molar-refractivity contribution in [3.63, 3.8) is 0 Å². The van der Waals surface area contributed by atoms with E-state index in [9.17, 15) is 9.59 Å². The van der Waals surface area contributed by atoms with Gasteiger partial charge in [-0.1, -0.05) is 6.07 Å². The third-order valence-corrected chi connectivity index (χ3v) is 5.38. The second-order valence-electron chi connectivity index (χ2n) is 8.53. The molecule has 1 aliphatic carbocycles. The molecule has 1 saturated heterocycles. The fourth-order valence-electron chi connectivity index (χ4n) is 4.14. The number of hydrogen-bond acceptors (Lipinski definition) is 5. The van der Waals surface area contributed by atoms with Crippen molar-refractivity contribution < 1.29 is 19.1 Å². The number of ether oxygens (including phenoxy) is 2. The number of esters is 1. The maximum atomic E-state index is 12.3. The van der Waals surface area contributed by atoms with Gasteiger partial charge in [0, 0.05) is 24.7 Å². The van der Waals surface area contributed by atoms with E-state index in [0.29, 0.717) is 11.6 Å². The van der Waals surface area contributed by atoms with Crippen molar-refractivity contribution in [2.75, 3.05) is 20.2 Å². The van der Waals surface area contributed by atoms with E-state index in [0.717, 1.165) is 44.5 Å². The van der Waals surface area contributed by atoms with Crippen molar-refractivity contribution in [2.24, 2.45) is 5.41 Å². The van der Waals surface area contributed by atoms with Crippen LogP contribution >= 0.6 is 0 Å². The fraction of sp³-hybridized carbons (Fsp3) is 0.650. The first kappa shape index (κ1) is 18.7. The van der Waals surface area contributed by atoms with Crippen LogP contribution in [0.1, 0.15) is 68.6 Å². The third-order valence-electron chi connectivity index (χ3n) is 5.38. The SMILES string of the molecule is COC(=O)c1cccc(C2CCC3(CCN(C(=O)OC(C)(C)C)C3)C2)n1. The maximum Gasteiger partial charge on any atom is 0.410 e. The molecule has 1 amide bonds. The van der Waals surface area contributed by atoms with E-state index in [1.165, 1.54) is 7.11 Å². The van der Waals surface area contributed by atoms with Crippen molar-refractivity contribution >= 4 is 12.1 Å². The number of pyridine rings is 1. The van der Waals surface area contributed by atoms with Crippen LogP contribution < -0.4 is 0 Å². The molecule has 2 aliphatic rings. The first-order valence-corrected chi connectivity index (χ1v) is 9.25. The van der Waals surface area contributed by atoms with Gasteiger partial charge in [0.05, 0.1) is 7.11 Å². The van der Waals surface area contributed by atoms with Crippen molar-refractivity contribution in [2.45, 2.75) is 58.0 Å². The zero-order chi connectivity index (χ0) is 18.9. The first-order chi connectivity index (χ1) is 12.2. The largest absolute Gasteiger partial charge is 0.464 e. The van der Waals surface area contributed by atoms with E-state index >= 15 is 0 Å². The molecular weight excluding hydrogens is 332 g/mol. The van der Waals surface area contributed by atoms with Crippen LogP contribution in [-0.4, -0.2) is 47.7 Å². The predicted octanol–water partition coefficient (Wildman–Crippen LogP) is 3.76. The summed E-state index contributed by atoms with van der Waals surface area (Å²) in [6.45, 7) is 7.17. The Hall–Kier alpha value is -2.11. The van der Waals surface area contributed by atoms with Crippen LogP contribution in [0.5, 0.6) is 0 Å². The molecule has 2 heterocycles. The molecule has 6 nitrogen and oxygen atoms in total. The Morgan fingerprint density at radius 1 is 1.27 bits per heavy atom. The van der Waals surface area contributed by atoms with Crippen molar-refractivity contribution in [3.05, 3.63) is 29.6 Å². The Kier molecular flexibility index (Phi) is 4.95. The molecule has 0 radical (unpaired) electrons. The van der Waals surface area contributed by atoms with E-state index in [1.807, 2.05) is 37.8 Å². The Bertz CT molecular complexity index is 697. The Balaban J connectivity index is 1.66. The molecule has 0 aromatic carbocycles. The number of aromatic nitrogens is 1. The monoisotopic (exact) mass is 360 g/mol. The summed E-state index contributed by atoms with van der Waals surface area (Å²) in [5, 5.41) is 0. The van der Waals surface area contributed by atoms with Crippen LogP contribution in [0.3, 0.4) is 0 Å². The molecule has 2 unspecified atom stereocenters. The van der Waals surface area contributed by atoms with E-state index in [4.69, 9.17) is 9.47 Å². The second kappa shape index (κ2) is 6.89. The minimum absolute atomic E-state index is 0.143. The van der Waals surface area contributed by atoms with Gasteiger partial charge in [-0.2, -0.15) is 0 Å². The van der Waals surface area contributed by atoms with Crippen LogP contribution in [0.4, 0.5) is 4.79 Å². The second-order valence-corrected chi connectivity index (χ2v) is 8.53. The van der Waals surface area contributed by atoms with Crippen LogP contribution in [0, 0.1) is 5.41 Å². The number of hydrogen-bond donors (Lipinski definition) is 0. The molecule has 2 atom stereocenters. The highest BCUT2D eigenvalue weighted by atomic mass is 16.6. The molecule has 1 saturated carbocycles. The van der Waals surface area contributed by atoms with E-state index in [-0.39, 0.29) is 11.5 Å². The summed E-state index contributed by atoms with van der Waals surface area (Å²) < 4.78 is 10.3. The van der Waals surface area contributed by atoms with Crippen molar-refractivity contribution in [3.8, 4) is 0 Å². The van der Waals surface area contributed by atoms with Crippen molar-refractivity contribution in [1.82, 2.24) is 9.88 Å². The molecule has 0 N–H and O–H groups in total. The minimum atomic E-state index is -0.469. The van der Waals surface area contributed by atoms with Gasteiger partial charge >= 0.3 is 12.1 Å². The number of carbonyl (C=O) groups is 2. The Morgan fingerprint density at radius 2 is 2.04 bits per heavy atom. The van der Waals surface area contributed by atoms with E-state index in [1.54, 1.807) is 6.07 Å². The minimum Gasteiger partial charge on any atom is -0.464 e. The Morgan fingerprint density at radius 3 is 2.73 bits per heavy atom. The number of likely N-dealkylation sites (tertiary alicyclic amines) is 1. The molecule has 2 fully saturated rings. The van der Waals surface area contributed by atoms with Gasteiger partial charge < -0.3 is 14.4 Å². The number of rotatable bonds is 2. The molecule has 6 heteroatoms. The van der Waals surface area contributed by atoms with Crippen molar-refractivity contribution in [1.29, 1.82) is 0 Å². The molecule has 142 valence electrons. The lowest BCUT2D eigenvalue weighted by Crippen LogP contribution is -2.36. The number of methoxy groups -OCH3 is 1. The lowest BCUT2D eigenvalue weighted by Gasteiger charge is -2.27. The smallest absolute Gasteiger partial charge is 0.410 e. The average Bonchev–Trinajstić information content (AvgIpc) is 3.20. The lowest BCUT2D eigenvalue weighted by molar-refractivity contribution is 0.0273. The van der Waals surface area contributed by atoms with Gasteiger partial charge in [-0.3, -0.25) is 0 Å². The molecule has 26 heavy (non-hydrogen) atoms. The highest BCUT2D eigenvalue weighted by Crippen LogP contribution is 2.51. The third kappa shape index (κ3) is 4.00. The molecule has 1 aliphatic heterocycles. The number of nitrogens with zero attached hydrogens (tertiary/aromatic N) is 2. The maximum absolute atomic E-state index is 12.3. The normalized spacial score (nSPS) is 25.5.